The molecule has 1 aromatic carbocycles. The molecular weight excluding hydrogens is 234 g/mol. The molecule has 2 heterocycles. The molecule has 3 aromatic rings. The molecule has 0 aliphatic heterocycles. The summed E-state index contributed by atoms with van der Waals surface area (Å²) in [5.41, 5.74) is 4.60. The molecule has 0 bridgehead atoms. The van der Waals surface area contributed by atoms with Gasteiger partial charge in [0.15, 0.2) is 5.65 Å². The summed E-state index contributed by atoms with van der Waals surface area (Å²) < 4.78 is 2.20. The summed E-state index contributed by atoms with van der Waals surface area (Å²) in [6.07, 6.45) is 2.69. The molecule has 19 heavy (non-hydrogen) atoms. The SMILES string of the molecule is CCn1c(Cc2ccccc2C)nc2cccnc21. The highest BCUT2D eigenvalue weighted by atomic mass is 15.1. The van der Waals surface area contributed by atoms with Gasteiger partial charge in [0.2, 0.25) is 0 Å². The highest BCUT2D eigenvalue weighted by Crippen LogP contribution is 2.18. The Kier molecular flexibility index (Phi) is 3.03. The number of fused-ring (bicyclic) bond motifs is 1. The summed E-state index contributed by atoms with van der Waals surface area (Å²) in [6, 6.07) is 12.4. The Morgan fingerprint density at radius 2 is 1.95 bits per heavy atom. The minimum atomic E-state index is 0.858. The first-order valence-corrected chi connectivity index (χ1v) is 6.64. The Morgan fingerprint density at radius 1 is 1.11 bits per heavy atom. The van der Waals surface area contributed by atoms with Gasteiger partial charge in [-0.05, 0) is 37.1 Å². The van der Waals surface area contributed by atoms with Crippen LogP contribution in [0, 0.1) is 6.92 Å². The van der Waals surface area contributed by atoms with Crippen LogP contribution in [0.25, 0.3) is 11.2 Å². The van der Waals surface area contributed by atoms with Crippen LogP contribution in [-0.2, 0) is 13.0 Å². The maximum Gasteiger partial charge on any atom is 0.159 e. The van der Waals surface area contributed by atoms with Gasteiger partial charge in [-0.25, -0.2) is 9.97 Å². The second-order valence-corrected chi connectivity index (χ2v) is 4.72. The first-order valence-electron chi connectivity index (χ1n) is 6.64. The molecule has 0 N–H and O–H groups in total. The lowest BCUT2D eigenvalue weighted by Crippen LogP contribution is -2.04. The number of rotatable bonds is 3. The maximum absolute atomic E-state index is 4.72. The number of hydrogen-bond donors (Lipinski definition) is 0. The summed E-state index contributed by atoms with van der Waals surface area (Å²) in [6.45, 7) is 5.18. The average Bonchev–Trinajstić information content (AvgIpc) is 2.78. The van der Waals surface area contributed by atoms with Gasteiger partial charge in [0.05, 0.1) is 0 Å². The highest BCUT2D eigenvalue weighted by Gasteiger charge is 2.11. The minimum absolute atomic E-state index is 0.858. The van der Waals surface area contributed by atoms with Crippen LogP contribution in [0.4, 0.5) is 0 Å². The van der Waals surface area contributed by atoms with E-state index in [-0.39, 0.29) is 0 Å². The highest BCUT2D eigenvalue weighted by molar-refractivity contribution is 5.71. The topological polar surface area (TPSA) is 30.7 Å². The largest absolute Gasteiger partial charge is 0.313 e. The molecule has 0 saturated heterocycles. The smallest absolute Gasteiger partial charge is 0.159 e. The molecule has 96 valence electrons. The molecular formula is C16H17N3. The van der Waals surface area contributed by atoms with E-state index in [9.17, 15) is 0 Å². The predicted octanol–water partition coefficient (Wildman–Crippen LogP) is 3.35. The van der Waals surface area contributed by atoms with E-state index in [1.54, 1.807) is 0 Å². The molecule has 0 amide bonds. The van der Waals surface area contributed by atoms with Gasteiger partial charge in [-0.3, -0.25) is 0 Å². The van der Waals surface area contributed by atoms with Gasteiger partial charge in [-0.1, -0.05) is 24.3 Å². The van der Waals surface area contributed by atoms with Crippen molar-refractivity contribution in [1.82, 2.24) is 14.5 Å². The lowest BCUT2D eigenvalue weighted by molar-refractivity contribution is 0.726. The summed E-state index contributed by atoms with van der Waals surface area (Å²) in [7, 11) is 0. The number of nitrogens with zero attached hydrogens (tertiary/aromatic N) is 3. The lowest BCUT2D eigenvalue weighted by Gasteiger charge is -2.07. The van der Waals surface area contributed by atoms with Crippen LogP contribution >= 0.6 is 0 Å². The van der Waals surface area contributed by atoms with Gasteiger partial charge in [0.1, 0.15) is 11.3 Å². The van der Waals surface area contributed by atoms with Crippen LogP contribution in [0.15, 0.2) is 42.6 Å². The third kappa shape index (κ3) is 2.12. The second kappa shape index (κ2) is 4.84. The van der Waals surface area contributed by atoms with Gasteiger partial charge >= 0.3 is 0 Å². The molecule has 2 aromatic heterocycles. The van der Waals surface area contributed by atoms with Gasteiger partial charge in [-0.15, -0.1) is 0 Å². The Hall–Kier alpha value is -2.16. The number of imidazole rings is 1. The molecule has 0 spiro atoms. The molecule has 0 aliphatic rings. The van der Waals surface area contributed by atoms with Gasteiger partial charge in [0.25, 0.3) is 0 Å². The van der Waals surface area contributed by atoms with Crippen LogP contribution in [0.2, 0.25) is 0 Å². The minimum Gasteiger partial charge on any atom is -0.313 e. The van der Waals surface area contributed by atoms with E-state index < -0.39 is 0 Å². The number of pyridine rings is 1. The van der Waals surface area contributed by atoms with E-state index in [1.165, 1.54) is 11.1 Å². The van der Waals surface area contributed by atoms with Crippen molar-refractivity contribution < 1.29 is 0 Å². The van der Waals surface area contributed by atoms with Crippen molar-refractivity contribution in [2.75, 3.05) is 0 Å². The third-order valence-electron chi connectivity index (χ3n) is 3.51. The number of hydrogen-bond acceptors (Lipinski definition) is 2. The third-order valence-corrected chi connectivity index (χ3v) is 3.51. The van der Waals surface area contributed by atoms with Crippen molar-refractivity contribution in [2.24, 2.45) is 0 Å². The van der Waals surface area contributed by atoms with Gasteiger partial charge < -0.3 is 4.57 Å². The van der Waals surface area contributed by atoms with Crippen molar-refractivity contribution in [3.05, 3.63) is 59.5 Å². The Bertz CT molecular complexity index is 713. The first-order chi connectivity index (χ1) is 9.29. The number of aryl methyl sites for hydroxylation is 2. The molecule has 0 unspecified atom stereocenters. The van der Waals surface area contributed by atoms with Crippen LogP contribution in [0.3, 0.4) is 0 Å². The van der Waals surface area contributed by atoms with E-state index >= 15 is 0 Å². The van der Waals surface area contributed by atoms with E-state index in [4.69, 9.17) is 4.98 Å². The second-order valence-electron chi connectivity index (χ2n) is 4.72. The Morgan fingerprint density at radius 3 is 2.74 bits per heavy atom. The molecule has 0 atom stereocenters. The average molecular weight is 251 g/mol. The predicted molar refractivity (Wildman–Crippen MR) is 77.2 cm³/mol. The fraction of sp³-hybridized carbons (Fsp3) is 0.250. The number of benzene rings is 1. The quantitative estimate of drug-likeness (QED) is 0.714. The van der Waals surface area contributed by atoms with Crippen molar-refractivity contribution in [2.45, 2.75) is 26.8 Å². The molecule has 3 heteroatoms. The standard InChI is InChI=1S/C16H17N3/c1-3-19-15(11-13-8-5-4-7-12(13)2)18-14-9-6-10-17-16(14)19/h4-10H,3,11H2,1-2H3. The van der Waals surface area contributed by atoms with Crippen molar-refractivity contribution in [1.29, 1.82) is 0 Å². The Balaban J connectivity index is 2.08. The number of aromatic nitrogens is 3. The van der Waals surface area contributed by atoms with Gasteiger partial charge in [-0.2, -0.15) is 0 Å². The van der Waals surface area contributed by atoms with Crippen LogP contribution in [-0.4, -0.2) is 14.5 Å². The van der Waals surface area contributed by atoms with E-state index in [0.717, 1.165) is 30.0 Å². The maximum atomic E-state index is 4.72. The molecule has 0 fully saturated rings. The normalized spacial score (nSPS) is 11.1. The Labute approximate surface area is 112 Å². The molecule has 3 nitrogen and oxygen atoms in total. The van der Waals surface area contributed by atoms with Crippen molar-refractivity contribution in [3.63, 3.8) is 0 Å². The van der Waals surface area contributed by atoms with Crippen LogP contribution in [0.1, 0.15) is 23.9 Å². The molecule has 0 radical (unpaired) electrons. The zero-order valence-electron chi connectivity index (χ0n) is 11.3. The molecule has 0 aliphatic carbocycles. The van der Waals surface area contributed by atoms with Crippen LogP contribution in [0.5, 0.6) is 0 Å². The van der Waals surface area contributed by atoms with Gasteiger partial charge in [0, 0.05) is 19.2 Å². The molecule has 3 rings (SSSR count). The van der Waals surface area contributed by atoms with E-state index in [0.29, 0.717) is 0 Å². The van der Waals surface area contributed by atoms with Crippen LogP contribution < -0.4 is 0 Å². The zero-order chi connectivity index (χ0) is 13.2. The van der Waals surface area contributed by atoms with Crippen molar-refractivity contribution in [3.8, 4) is 0 Å². The summed E-state index contributed by atoms with van der Waals surface area (Å²) >= 11 is 0. The van der Waals surface area contributed by atoms with Crippen molar-refractivity contribution >= 4 is 11.2 Å². The fourth-order valence-electron chi connectivity index (χ4n) is 2.45. The summed E-state index contributed by atoms with van der Waals surface area (Å²) in [4.78, 5) is 9.16. The lowest BCUT2D eigenvalue weighted by atomic mass is 10.1. The summed E-state index contributed by atoms with van der Waals surface area (Å²) in [5.74, 6) is 1.09. The first kappa shape index (κ1) is 11.9. The fourth-order valence-corrected chi connectivity index (χ4v) is 2.45. The molecule has 0 saturated carbocycles. The zero-order valence-corrected chi connectivity index (χ0v) is 11.3. The summed E-state index contributed by atoms with van der Waals surface area (Å²) in [5, 5.41) is 0. The van der Waals surface area contributed by atoms with E-state index in [2.05, 4.69) is 47.7 Å². The monoisotopic (exact) mass is 251 g/mol. The van der Waals surface area contributed by atoms with E-state index in [1.807, 2.05) is 18.3 Å².